The van der Waals surface area contributed by atoms with E-state index < -0.39 is 0 Å². The first-order chi connectivity index (χ1) is 10.6. The highest BCUT2D eigenvalue weighted by molar-refractivity contribution is 7.56. The second kappa shape index (κ2) is 6.93. The molecule has 2 rings (SSSR count). The van der Waals surface area contributed by atoms with Crippen molar-refractivity contribution in [1.82, 2.24) is 0 Å². The van der Waals surface area contributed by atoms with Gasteiger partial charge in [-0.2, -0.15) is 0 Å². The lowest BCUT2D eigenvalue weighted by Crippen LogP contribution is -2.27. The molecule has 2 aromatic rings. The third kappa shape index (κ3) is 5.88. The van der Waals surface area contributed by atoms with Crippen LogP contribution in [0.1, 0.15) is 41.5 Å². The van der Waals surface area contributed by atoms with E-state index in [1.807, 2.05) is 24.3 Å². The van der Waals surface area contributed by atoms with E-state index in [4.69, 9.17) is 9.47 Å². The molecular weight excluding hydrogens is 303 g/mol. The van der Waals surface area contributed by atoms with Gasteiger partial charge in [0.1, 0.15) is 22.7 Å². The van der Waals surface area contributed by atoms with Gasteiger partial charge in [0.2, 0.25) is 0 Å². The molecule has 0 spiro atoms. The maximum absolute atomic E-state index is 6.11. The van der Waals surface area contributed by atoms with Crippen molar-refractivity contribution in [2.24, 2.45) is 0 Å². The van der Waals surface area contributed by atoms with Gasteiger partial charge in [0.15, 0.2) is 0 Å². The molecule has 0 aromatic heterocycles. The van der Waals surface area contributed by atoms with Gasteiger partial charge >= 0.3 is 0 Å². The minimum atomic E-state index is -0.206. The Hall–Kier alpha value is -1.53. The molecule has 0 bridgehead atoms. The minimum Gasteiger partial charge on any atom is -0.487 e. The number of hydrogen-bond acceptors (Lipinski definition) is 2. The standard InChI is InChI=1S/C20H27O2P/c1-19(2,3)21-15-11-7-9-13-17(15)23-18-14-10-8-12-16(18)22-20(4,5)6/h7-14,23H,1-6H3. The minimum absolute atomic E-state index is 0.206. The summed E-state index contributed by atoms with van der Waals surface area (Å²) in [5.74, 6) is 1.90. The van der Waals surface area contributed by atoms with Gasteiger partial charge in [-0.05, 0) is 53.7 Å². The fraction of sp³-hybridized carbons (Fsp3) is 0.400. The first-order valence-electron chi connectivity index (χ1n) is 7.97. The SMILES string of the molecule is CC(C)(C)Oc1ccccc1Pc1ccccc1OC(C)(C)C. The highest BCUT2D eigenvalue weighted by Crippen LogP contribution is 2.27. The molecule has 0 unspecified atom stereocenters. The van der Waals surface area contributed by atoms with Gasteiger partial charge in [0.05, 0.1) is 0 Å². The van der Waals surface area contributed by atoms with Crippen LogP contribution >= 0.6 is 8.58 Å². The summed E-state index contributed by atoms with van der Waals surface area (Å²) >= 11 is 0. The number of benzene rings is 2. The molecule has 2 nitrogen and oxygen atoms in total. The van der Waals surface area contributed by atoms with Gasteiger partial charge in [-0.3, -0.25) is 0 Å². The molecule has 0 saturated heterocycles. The van der Waals surface area contributed by atoms with E-state index in [2.05, 4.69) is 65.8 Å². The van der Waals surface area contributed by atoms with Crippen LogP contribution in [0.15, 0.2) is 48.5 Å². The van der Waals surface area contributed by atoms with E-state index in [-0.39, 0.29) is 11.2 Å². The third-order valence-electron chi connectivity index (χ3n) is 2.88. The molecule has 124 valence electrons. The van der Waals surface area contributed by atoms with Gasteiger partial charge in [-0.15, -0.1) is 0 Å². The summed E-state index contributed by atoms with van der Waals surface area (Å²) in [7, 11) is 0.496. The normalized spacial score (nSPS) is 12.1. The molecule has 0 amide bonds. The van der Waals surface area contributed by atoms with Crippen molar-refractivity contribution < 1.29 is 9.47 Å². The maximum atomic E-state index is 6.11. The van der Waals surface area contributed by atoms with Gasteiger partial charge in [0.25, 0.3) is 0 Å². The van der Waals surface area contributed by atoms with Gasteiger partial charge in [-0.1, -0.05) is 45.0 Å². The Balaban J connectivity index is 2.30. The quantitative estimate of drug-likeness (QED) is 0.759. The van der Waals surface area contributed by atoms with Crippen LogP contribution in [0.2, 0.25) is 0 Å². The van der Waals surface area contributed by atoms with E-state index in [0.29, 0.717) is 8.58 Å². The molecule has 0 radical (unpaired) electrons. The Bertz CT molecular complexity index is 594. The van der Waals surface area contributed by atoms with Crippen molar-refractivity contribution in [1.29, 1.82) is 0 Å². The Morgan fingerprint density at radius 3 is 1.30 bits per heavy atom. The maximum Gasteiger partial charge on any atom is 0.127 e. The van der Waals surface area contributed by atoms with E-state index in [1.54, 1.807) is 0 Å². The second-order valence-corrected chi connectivity index (χ2v) is 8.87. The summed E-state index contributed by atoms with van der Waals surface area (Å²) in [5.41, 5.74) is -0.413. The molecule has 3 heteroatoms. The molecule has 0 aliphatic heterocycles. The zero-order valence-electron chi connectivity index (χ0n) is 14.9. The highest BCUT2D eigenvalue weighted by Gasteiger charge is 2.17. The molecule has 2 aromatic carbocycles. The predicted octanol–water partition coefficient (Wildman–Crippen LogP) is 4.67. The van der Waals surface area contributed by atoms with Crippen LogP contribution in [0.5, 0.6) is 11.5 Å². The summed E-state index contributed by atoms with van der Waals surface area (Å²) in [5, 5.41) is 2.40. The Morgan fingerprint density at radius 2 is 0.957 bits per heavy atom. The van der Waals surface area contributed by atoms with Crippen molar-refractivity contribution in [3.63, 3.8) is 0 Å². The van der Waals surface area contributed by atoms with E-state index in [0.717, 1.165) is 11.5 Å². The molecule has 0 aliphatic carbocycles. The zero-order valence-corrected chi connectivity index (χ0v) is 15.9. The Morgan fingerprint density at radius 1 is 0.609 bits per heavy atom. The van der Waals surface area contributed by atoms with Gasteiger partial charge in [0, 0.05) is 10.6 Å². The van der Waals surface area contributed by atoms with E-state index in [1.165, 1.54) is 10.6 Å². The van der Waals surface area contributed by atoms with Gasteiger partial charge in [-0.25, -0.2) is 0 Å². The van der Waals surface area contributed by atoms with Crippen LogP contribution in [-0.2, 0) is 0 Å². The average Bonchev–Trinajstić information content (AvgIpc) is 2.40. The molecule has 0 heterocycles. The fourth-order valence-corrected chi connectivity index (χ4v) is 3.29. The number of ether oxygens (including phenoxy) is 2. The summed E-state index contributed by atoms with van der Waals surface area (Å²) in [6.07, 6.45) is 0. The third-order valence-corrected chi connectivity index (χ3v) is 4.24. The fourth-order valence-electron chi connectivity index (χ4n) is 2.12. The molecule has 0 fully saturated rings. The van der Waals surface area contributed by atoms with Crippen molar-refractivity contribution in [3.05, 3.63) is 48.5 Å². The molecule has 0 aliphatic rings. The monoisotopic (exact) mass is 330 g/mol. The van der Waals surface area contributed by atoms with Crippen molar-refractivity contribution in [3.8, 4) is 11.5 Å². The van der Waals surface area contributed by atoms with Crippen LogP contribution < -0.4 is 20.1 Å². The molecule has 0 saturated carbocycles. The van der Waals surface area contributed by atoms with Crippen molar-refractivity contribution in [2.45, 2.75) is 52.7 Å². The second-order valence-electron chi connectivity index (χ2n) is 7.55. The first kappa shape index (κ1) is 17.8. The smallest absolute Gasteiger partial charge is 0.127 e. The zero-order chi connectivity index (χ0) is 17.1. The van der Waals surface area contributed by atoms with Gasteiger partial charge < -0.3 is 9.47 Å². The average molecular weight is 330 g/mol. The van der Waals surface area contributed by atoms with Crippen LogP contribution in [0, 0.1) is 0 Å². The van der Waals surface area contributed by atoms with Crippen molar-refractivity contribution >= 4 is 19.2 Å². The predicted molar refractivity (Wildman–Crippen MR) is 101 cm³/mol. The first-order valence-corrected chi connectivity index (χ1v) is 8.97. The van der Waals surface area contributed by atoms with Crippen molar-refractivity contribution in [2.75, 3.05) is 0 Å². The number of hydrogen-bond donors (Lipinski definition) is 0. The summed E-state index contributed by atoms with van der Waals surface area (Å²) < 4.78 is 12.2. The molecule has 0 atom stereocenters. The summed E-state index contributed by atoms with van der Waals surface area (Å²) in [4.78, 5) is 0. The largest absolute Gasteiger partial charge is 0.487 e. The lowest BCUT2D eigenvalue weighted by molar-refractivity contribution is 0.132. The van der Waals surface area contributed by atoms with Crippen LogP contribution in [0.4, 0.5) is 0 Å². The lowest BCUT2D eigenvalue weighted by atomic mass is 10.2. The van der Waals surface area contributed by atoms with E-state index in [9.17, 15) is 0 Å². The molecule has 23 heavy (non-hydrogen) atoms. The number of rotatable bonds is 4. The van der Waals surface area contributed by atoms with Crippen LogP contribution in [-0.4, -0.2) is 11.2 Å². The topological polar surface area (TPSA) is 18.5 Å². The Labute approximate surface area is 142 Å². The van der Waals surface area contributed by atoms with Crippen LogP contribution in [0.25, 0.3) is 0 Å². The summed E-state index contributed by atoms with van der Waals surface area (Å²) in [6.45, 7) is 12.4. The highest BCUT2D eigenvalue weighted by atomic mass is 31.1. The molecular formula is C20H27O2P. The lowest BCUT2D eigenvalue weighted by Gasteiger charge is -2.25. The number of para-hydroxylation sites is 2. The van der Waals surface area contributed by atoms with E-state index >= 15 is 0 Å². The van der Waals surface area contributed by atoms with Crippen LogP contribution in [0.3, 0.4) is 0 Å². The molecule has 0 N–H and O–H groups in total. The Kier molecular flexibility index (Phi) is 5.37. The summed E-state index contributed by atoms with van der Waals surface area (Å²) in [6, 6.07) is 16.5.